The number of anilines is 1. The Labute approximate surface area is 135 Å². The number of nitrogens with two attached hydrogens (primary N) is 1. The first-order valence-corrected chi connectivity index (χ1v) is 7.46. The number of pyridine rings is 1. The minimum atomic E-state index is -0.672. The van der Waals surface area contributed by atoms with Crippen molar-refractivity contribution in [3.05, 3.63) is 36.5 Å². The fourth-order valence-electron chi connectivity index (χ4n) is 2.07. The molecule has 4 N–H and O–H groups in total. The number of hydrogen-bond donors (Lipinski definition) is 3. The molecule has 0 saturated heterocycles. The fraction of sp³-hybridized carbons (Fsp3) is 0.353. The molecule has 0 saturated carbocycles. The number of rotatable bonds is 4. The Morgan fingerprint density at radius 1 is 1.22 bits per heavy atom. The molecule has 122 valence electrons. The van der Waals surface area contributed by atoms with E-state index in [1.165, 1.54) is 0 Å². The van der Waals surface area contributed by atoms with Crippen molar-refractivity contribution in [1.82, 2.24) is 10.3 Å². The van der Waals surface area contributed by atoms with Crippen molar-refractivity contribution in [3.8, 4) is 0 Å². The normalized spacial score (nSPS) is 12.7. The molecule has 1 atom stereocenters. The van der Waals surface area contributed by atoms with Crippen LogP contribution < -0.4 is 16.4 Å². The lowest BCUT2D eigenvalue weighted by atomic mass is 9.87. The van der Waals surface area contributed by atoms with E-state index in [2.05, 4.69) is 15.6 Å². The van der Waals surface area contributed by atoms with E-state index >= 15 is 0 Å². The van der Waals surface area contributed by atoms with Crippen molar-refractivity contribution in [2.45, 2.75) is 26.8 Å². The maximum absolute atomic E-state index is 12.0. The Bertz CT molecular complexity index is 717. The van der Waals surface area contributed by atoms with E-state index in [9.17, 15) is 9.59 Å². The minimum absolute atomic E-state index is 0.133. The van der Waals surface area contributed by atoms with Crippen molar-refractivity contribution < 1.29 is 9.59 Å². The van der Waals surface area contributed by atoms with Crippen LogP contribution in [-0.2, 0) is 9.59 Å². The SMILES string of the molecule is CC(C)(C)[C@H](N)C(=O)NCC(=O)Nc1cccc2cccnc12. The lowest BCUT2D eigenvalue weighted by Gasteiger charge is -2.25. The lowest BCUT2D eigenvalue weighted by molar-refractivity contribution is -0.126. The van der Waals surface area contributed by atoms with Gasteiger partial charge in [0.05, 0.1) is 23.8 Å². The van der Waals surface area contributed by atoms with Gasteiger partial charge < -0.3 is 16.4 Å². The molecule has 1 aromatic heterocycles. The zero-order chi connectivity index (χ0) is 17.0. The molecular weight excluding hydrogens is 292 g/mol. The van der Waals surface area contributed by atoms with Crippen molar-refractivity contribution in [1.29, 1.82) is 0 Å². The molecular formula is C17H22N4O2. The van der Waals surface area contributed by atoms with Gasteiger partial charge in [0.2, 0.25) is 11.8 Å². The third-order valence-electron chi connectivity index (χ3n) is 3.55. The number of hydrogen-bond acceptors (Lipinski definition) is 4. The number of nitrogens with one attached hydrogen (secondary N) is 2. The van der Waals surface area contributed by atoms with E-state index in [1.54, 1.807) is 12.3 Å². The van der Waals surface area contributed by atoms with Gasteiger partial charge in [0, 0.05) is 11.6 Å². The van der Waals surface area contributed by atoms with Crippen LogP contribution in [0.5, 0.6) is 0 Å². The van der Waals surface area contributed by atoms with E-state index in [-0.39, 0.29) is 23.8 Å². The highest BCUT2D eigenvalue weighted by atomic mass is 16.2. The number of carbonyl (C=O) groups excluding carboxylic acids is 2. The van der Waals surface area contributed by atoms with Crippen LogP contribution in [0.15, 0.2) is 36.5 Å². The number of benzene rings is 1. The fourth-order valence-corrected chi connectivity index (χ4v) is 2.07. The Balaban J connectivity index is 1.98. The first-order chi connectivity index (χ1) is 10.8. The summed E-state index contributed by atoms with van der Waals surface area (Å²) in [7, 11) is 0. The van der Waals surface area contributed by atoms with Crippen LogP contribution in [0, 0.1) is 5.41 Å². The first-order valence-electron chi connectivity index (χ1n) is 7.46. The maximum atomic E-state index is 12.0. The van der Waals surface area contributed by atoms with Crippen LogP contribution >= 0.6 is 0 Å². The molecule has 0 spiro atoms. The standard InChI is InChI=1S/C17H22N4O2/c1-17(2,3)15(18)16(23)20-10-13(22)21-12-8-4-6-11-7-5-9-19-14(11)12/h4-9,15H,10,18H2,1-3H3,(H,20,23)(H,21,22)/t15-/m1/s1. The molecule has 6 nitrogen and oxygen atoms in total. The summed E-state index contributed by atoms with van der Waals surface area (Å²) >= 11 is 0. The monoisotopic (exact) mass is 314 g/mol. The van der Waals surface area contributed by atoms with E-state index in [0.29, 0.717) is 11.2 Å². The van der Waals surface area contributed by atoms with Gasteiger partial charge >= 0.3 is 0 Å². The van der Waals surface area contributed by atoms with Gasteiger partial charge in [0.1, 0.15) is 0 Å². The van der Waals surface area contributed by atoms with E-state index < -0.39 is 6.04 Å². The molecule has 0 aliphatic rings. The summed E-state index contributed by atoms with van der Waals surface area (Å²) in [6.07, 6.45) is 1.67. The van der Waals surface area contributed by atoms with Gasteiger partial charge in [-0.1, -0.05) is 39.0 Å². The maximum Gasteiger partial charge on any atom is 0.243 e. The summed E-state index contributed by atoms with van der Waals surface area (Å²) in [5, 5.41) is 6.26. The van der Waals surface area contributed by atoms with Crippen LogP contribution in [0.4, 0.5) is 5.69 Å². The highest BCUT2D eigenvalue weighted by Crippen LogP contribution is 2.20. The largest absolute Gasteiger partial charge is 0.346 e. The third kappa shape index (κ3) is 4.26. The van der Waals surface area contributed by atoms with Gasteiger partial charge in [-0.2, -0.15) is 0 Å². The minimum Gasteiger partial charge on any atom is -0.346 e. The van der Waals surface area contributed by atoms with E-state index in [4.69, 9.17) is 5.73 Å². The van der Waals surface area contributed by atoms with E-state index in [0.717, 1.165) is 5.39 Å². The molecule has 1 heterocycles. The van der Waals surface area contributed by atoms with Gasteiger partial charge in [-0.05, 0) is 17.5 Å². The van der Waals surface area contributed by atoms with Crippen molar-refractivity contribution in [2.24, 2.45) is 11.1 Å². The van der Waals surface area contributed by atoms with Crippen molar-refractivity contribution >= 4 is 28.4 Å². The summed E-state index contributed by atoms with van der Waals surface area (Å²) in [6.45, 7) is 5.49. The molecule has 0 radical (unpaired) electrons. The number of para-hydroxylation sites is 1. The first kappa shape index (κ1) is 16.9. The van der Waals surface area contributed by atoms with Gasteiger partial charge in [-0.15, -0.1) is 0 Å². The van der Waals surface area contributed by atoms with Gasteiger partial charge in [-0.3, -0.25) is 14.6 Å². The zero-order valence-corrected chi connectivity index (χ0v) is 13.6. The molecule has 0 bridgehead atoms. The zero-order valence-electron chi connectivity index (χ0n) is 13.6. The van der Waals surface area contributed by atoms with Crippen LogP contribution in [0.25, 0.3) is 10.9 Å². The second-order valence-electron chi connectivity index (χ2n) is 6.49. The summed E-state index contributed by atoms with van der Waals surface area (Å²) in [4.78, 5) is 28.2. The van der Waals surface area contributed by atoms with Crippen molar-refractivity contribution in [2.75, 3.05) is 11.9 Å². The number of aromatic nitrogens is 1. The third-order valence-corrected chi connectivity index (χ3v) is 3.55. The highest BCUT2D eigenvalue weighted by Gasteiger charge is 2.27. The molecule has 0 fully saturated rings. The number of carbonyl (C=O) groups is 2. The highest BCUT2D eigenvalue weighted by molar-refractivity contribution is 6.01. The Morgan fingerprint density at radius 3 is 2.61 bits per heavy atom. The van der Waals surface area contributed by atoms with Gasteiger partial charge in [0.25, 0.3) is 0 Å². The lowest BCUT2D eigenvalue weighted by Crippen LogP contribution is -2.50. The van der Waals surface area contributed by atoms with Crippen LogP contribution in [0.2, 0.25) is 0 Å². The van der Waals surface area contributed by atoms with Crippen molar-refractivity contribution in [3.63, 3.8) is 0 Å². The topological polar surface area (TPSA) is 97.1 Å². The van der Waals surface area contributed by atoms with E-state index in [1.807, 2.05) is 45.0 Å². The van der Waals surface area contributed by atoms with Crippen LogP contribution in [-0.4, -0.2) is 29.4 Å². The molecule has 0 aliphatic carbocycles. The number of nitrogens with zero attached hydrogens (tertiary/aromatic N) is 1. The Kier molecular flexibility index (Phi) is 4.95. The molecule has 0 unspecified atom stereocenters. The molecule has 0 aliphatic heterocycles. The molecule has 1 aromatic carbocycles. The van der Waals surface area contributed by atoms with Gasteiger partial charge in [0.15, 0.2) is 0 Å². The molecule has 6 heteroatoms. The Morgan fingerprint density at radius 2 is 1.91 bits per heavy atom. The molecule has 2 rings (SSSR count). The second-order valence-corrected chi connectivity index (χ2v) is 6.49. The molecule has 2 aromatic rings. The quantitative estimate of drug-likeness (QED) is 0.799. The average Bonchev–Trinajstić information content (AvgIpc) is 2.51. The smallest absolute Gasteiger partial charge is 0.243 e. The number of amides is 2. The summed E-state index contributed by atoms with van der Waals surface area (Å²) in [5.41, 5.74) is 6.82. The summed E-state index contributed by atoms with van der Waals surface area (Å²) in [6, 6.07) is 8.62. The molecule has 2 amide bonds. The summed E-state index contributed by atoms with van der Waals surface area (Å²) in [5.74, 6) is -0.665. The van der Waals surface area contributed by atoms with Crippen LogP contribution in [0.1, 0.15) is 20.8 Å². The Hall–Kier alpha value is -2.47. The van der Waals surface area contributed by atoms with Gasteiger partial charge in [-0.25, -0.2) is 0 Å². The molecule has 23 heavy (non-hydrogen) atoms. The predicted molar refractivity (Wildman–Crippen MR) is 90.8 cm³/mol. The summed E-state index contributed by atoms with van der Waals surface area (Å²) < 4.78 is 0. The average molecular weight is 314 g/mol. The predicted octanol–water partition coefficient (Wildman–Crippen LogP) is 1.66. The van der Waals surface area contributed by atoms with Crippen LogP contribution in [0.3, 0.4) is 0 Å². The second kappa shape index (κ2) is 6.75. The number of fused-ring (bicyclic) bond motifs is 1.